The van der Waals surface area contributed by atoms with E-state index in [9.17, 15) is 0 Å². The molecule has 0 atom stereocenters. The molecule has 0 aromatic heterocycles. The molecule has 13 heavy (non-hydrogen) atoms. The molecule has 0 bridgehead atoms. The summed E-state index contributed by atoms with van der Waals surface area (Å²) in [7, 11) is 0. The number of morpholine rings is 1. The normalized spacial score (nSPS) is 39.9. The SMILES string of the molecule is CC1(C)COCCN1C1CC(N)C1. The maximum Gasteiger partial charge on any atom is 0.0645 e. The van der Waals surface area contributed by atoms with Crippen molar-refractivity contribution in [3.05, 3.63) is 0 Å². The first kappa shape index (κ1) is 9.44. The second-order valence-electron chi connectivity index (χ2n) is 4.94. The topological polar surface area (TPSA) is 38.5 Å². The third kappa shape index (κ3) is 1.73. The van der Waals surface area contributed by atoms with Gasteiger partial charge in [-0.25, -0.2) is 0 Å². The largest absolute Gasteiger partial charge is 0.378 e. The number of rotatable bonds is 1. The molecular formula is C10H20N2O. The molecule has 0 spiro atoms. The van der Waals surface area contributed by atoms with Crippen molar-refractivity contribution in [3.63, 3.8) is 0 Å². The number of ether oxygens (including phenoxy) is 1. The Labute approximate surface area is 80.2 Å². The number of nitrogens with two attached hydrogens (primary N) is 1. The first-order valence-electron chi connectivity index (χ1n) is 5.20. The highest BCUT2D eigenvalue weighted by Gasteiger charge is 2.40. The van der Waals surface area contributed by atoms with Gasteiger partial charge in [0.2, 0.25) is 0 Å². The molecule has 2 fully saturated rings. The highest BCUT2D eigenvalue weighted by atomic mass is 16.5. The fourth-order valence-electron chi connectivity index (χ4n) is 2.43. The van der Waals surface area contributed by atoms with Gasteiger partial charge in [0.1, 0.15) is 0 Å². The third-order valence-electron chi connectivity index (χ3n) is 3.30. The van der Waals surface area contributed by atoms with E-state index in [1.54, 1.807) is 0 Å². The maximum absolute atomic E-state index is 5.81. The zero-order chi connectivity index (χ0) is 9.47. The molecule has 2 N–H and O–H groups in total. The Hall–Kier alpha value is -0.120. The van der Waals surface area contributed by atoms with Crippen molar-refractivity contribution >= 4 is 0 Å². The van der Waals surface area contributed by atoms with Crippen LogP contribution in [-0.2, 0) is 4.74 Å². The molecular weight excluding hydrogens is 164 g/mol. The molecule has 0 aromatic carbocycles. The lowest BCUT2D eigenvalue weighted by Gasteiger charge is -2.51. The maximum atomic E-state index is 5.81. The summed E-state index contributed by atoms with van der Waals surface area (Å²) in [5, 5.41) is 0. The van der Waals surface area contributed by atoms with Crippen LogP contribution in [0.15, 0.2) is 0 Å². The average molecular weight is 184 g/mol. The van der Waals surface area contributed by atoms with Gasteiger partial charge in [0.25, 0.3) is 0 Å². The quantitative estimate of drug-likeness (QED) is 0.648. The van der Waals surface area contributed by atoms with Gasteiger partial charge in [-0.15, -0.1) is 0 Å². The molecule has 1 saturated heterocycles. The summed E-state index contributed by atoms with van der Waals surface area (Å²) in [4.78, 5) is 2.57. The first-order chi connectivity index (χ1) is 6.09. The second-order valence-corrected chi connectivity index (χ2v) is 4.94. The van der Waals surface area contributed by atoms with Gasteiger partial charge in [-0.3, -0.25) is 4.90 Å². The van der Waals surface area contributed by atoms with Crippen molar-refractivity contribution in [2.24, 2.45) is 5.73 Å². The predicted octanol–water partition coefficient (Wildman–Crippen LogP) is 0.587. The smallest absolute Gasteiger partial charge is 0.0645 e. The Morgan fingerprint density at radius 3 is 2.62 bits per heavy atom. The molecule has 0 amide bonds. The van der Waals surface area contributed by atoms with Gasteiger partial charge in [0.05, 0.1) is 13.2 Å². The highest BCUT2D eigenvalue weighted by molar-refractivity contribution is 4.96. The molecule has 3 heteroatoms. The van der Waals surface area contributed by atoms with Gasteiger partial charge < -0.3 is 10.5 Å². The van der Waals surface area contributed by atoms with Crippen LogP contribution in [0.4, 0.5) is 0 Å². The van der Waals surface area contributed by atoms with E-state index < -0.39 is 0 Å². The van der Waals surface area contributed by atoms with Crippen LogP contribution >= 0.6 is 0 Å². The molecule has 1 heterocycles. The Kier molecular flexibility index (Phi) is 2.34. The molecule has 2 aliphatic rings. The molecule has 1 aliphatic carbocycles. The zero-order valence-electron chi connectivity index (χ0n) is 8.62. The average Bonchev–Trinajstić information content (AvgIpc) is 1.99. The van der Waals surface area contributed by atoms with Crippen LogP contribution in [0.1, 0.15) is 26.7 Å². The molecule has 2 rings (SSSR count). The van der Waals surface area contributed by atoms with Crippen molar-refractivity contribution in [2.45, 2.75) is 44.3 Å². The summed E-state index contributed by atoms with van der Waals surface area (Å²) in [5.74, 6) is 0. The molecule has 0 unspecified atom stereocenters. The van der Waals surface area contributed by atoms with E-state index in [1.807, 2.05) is 0 Å². The van der Waals surface area contributed by atoms with Crippen molar-refractivity contribution in [2.75, 3.05) is 19.8 Å². The van der Waals surface area contributed by atoms with Crippen molar-refractivity contribution in [3.8, 4) is 0 Å². The summed E-state index contributed by atoms with van der Waals surface area (Å²) in [5.41, 5.74) is 6.02. The molecule has 0 radical (unpaired) electrons. The van der Waals surface area contributed by atoms with Crippen LogP contribution < -0.4 is 5.73 Å². The summed E-state index contributed by atoms with van der Waals surface area (Å²) in [6, 6.07) is 1.16. The zero-order valence-corrected chi connectivity index (χ0v) is 8.62. The van der Waals surface area contributed by atoms with Crippen molar-refractivity contribution in [1.82, 2.24) is 4.90 Å². The van der Waals surface area contributed by atoms with Gasteiger partial charge in [0, 0.05) is 24.2 Å². The lowest BCUT2D eigenvalue weighted by Crippen LogP contribution is -2.62. The minimum absolute atomic E-state index is 0.211. The van der Waals surface area contributed by atoms with E-state index in [2.05, 4.69) is 18.7 Å². The van der Waals surface area contributed by atoms with Gasteiger partial charge in [0.15, 0.2) is 0 Å². The Bertz CT molecular complexity index is 187. The van der Waals surface area contributed by atoms with Gasteiger partial charge in [-0.05, 0) is 26.7 Å². The fourth-order valence-corrected chi connectivity index (χ4v) is 2.43. The molecule has 76 valence electrons. The molecule has 3 nitrogen and oxygen atoms in total. The molecule has 0 aromatic rings. The van der Waals surface area contributed by atoms with Gasteiger partial charge in [-0.1, -0.05) is 0 Å². The standard InChI is InChI=1S/C10H20N2O/c1-10(2)7-13-4-3-12(10)9-5-8(11)6-9/h8-9H,3-7,11H2,1-2H3. The lowest BCUT2D eigenvalue weighted by molar-refractivity contribution is -0.0894. The molecule has 1 saturated carbocycles. The monoisotopic (exact) mass is 184 g/mol. The highest BCUT2D eigenvalue weighted by Crippen LogP contribution is 2.31. The summed E-state index contributed by atoms with van der Waals surface area (Å²) < 4.78 is 5.49. The number of nitrogens with zero attached hydrogens (tertiary/aromatic N) is 1. The Balaban J connectivity index is 1.96. The third-order valence-corrected chi connectivity index (χ3v) is 3.30. The lowest BCUT2D eigenvalue weighted by atomic mass is 9.83. The van der Waals surface area contributed by atoms with E-state index in [-0.39, 0.29) is 5.54 Å². The Morgan fingerprint density at radius 1 is 1.38 bits per heavy atom. The first-order valence-corrected chi connectivity index (χ1v) is 5.20. The van der Waals surface area contributed by atoms with E-state index in [0.29, 0.717) is 12.1 Å². The van der Waals surface area contributed by atoms with Crippen LogP contribution in [0.3, 0.4) is 0 Å². The van der Waals surface area contributed by atoms with E-state index in [4.69, 9.17) is 10.5 Å². The summed E-state index contributed by atoms with van der Waals surface area (Å²) >= 11 is 0. The summed E-state index contributed by atoms with van der Waals surface area (Å²) in [6.45, 7) is 7.34. The molecule has 1 aliphatic heterocycles. The number of hydrogen-bond acceptors (Lipinski definition) is 3. The van der Waals surface area contributed by atoms with E-state index >= 15 is 0 Å². The van der Waals surface area contributed by atoms with Crippen molar-refractivity contribution in [1.29, 1.82) is 0 Å². The second kappa shape index (κ2) is 3.23. The van der Waals surface area contributed by atoms with Crippen LogP contribution in [0.5, 0.6) is 0 Å². The van der Waals surface area contributed by atoms with Gasteiger partial charge >= 0.3 is 0 Å². The van der Waals surface area contributed by atoms with Crippen LogP contribution in [0.2, 0.25) is 0 Å². The van der Waals surface area contributed by atoms with Crippen LogP contribution in [0.25, 0.3) is 0 Å². The minimum atomic E-state index is 0.211. The van der Waals surface area contributed by atoms with E-state index in [1.165, 1.54) is 12.8 Å². The Morgan fingerprint density at radius 2 is 2.08 bits per heavy atom. The van der Waals surface area contributed by atoms with Gasteiger partial charge in [-0.2, -0.15) is 0 Å². The predicted molar refractivity (Wildman–Crippen MR) is 52.6 cm³/mol. The minimum Gasteiger partial charge on any atom is -0.378 e. The van der Waals surface area contributed by atoms with Crippen LogP contribution in [0, 0.1) is 0 Å². The van der Waals surface area contributed by atoms with Crippen molar-refractivity contribution < 1.29 is 4.74 Å². The summed E-state index contributed by atoms with van der Waals surface area (Å²) in [6.07, 6.45) is 2.34. The fraction of sp³-hybridized carbons (Fsp3) is 1.00. The number of hydrogen-bond donors (Lipinski definition) is 1. The van der Waals surface area contributed by atoms with E-state index in [0.717, 1.165) is 19.8 Å². The van der Waals surface area contributed by atoms with Crippen LogP contribution in [-0.4, -0.2) is 42.3 Å².